The summed E-state index contributed by atoms with van der Waals surface area (Å²) >= 11 is 1.30. The fraction of sp³-hybridized carbons (Fsp3) is 0.444. The molecule has 0 aliphatic carbocycles. The van der Waals surface area contributed by atoms with E-state index in [9.17, 15) is 9.59 Å². The van der Waals surface area contributed by atoms with Crippen molar-refractivity contribution >= 4 is 40.6 Å². The molecule has 2 aromatic heterocycles. The van der Waals surface area contributed by atoms with Crippen LogP contribution in [0.2, 0.25) is 0 Å². The number of rotatable bonds is 4. The highest BCUT2D eigenvalue weighted by Gasteiger charge is 2.27. The molecule has 1 unspecified atom stereocenters. The second-order valence-corrected chi connectivity index (χ2v) is 7.60. The zero-order valence-corrected chi connectivity index (χ0v) is 16.5. The van der Waals surface area contributed by atoms with Gasteiger partial charge in [0, 0.05) is 19.1 Å². The summed E-state index contributed by atoms with van der Waals surface area (Å²) in [7, 11) is 0. The molecule has 0 aromatic carbocycles. The molecule has 0 bridgehead atoms. The molecule has 1 aliphatic rings. The number of aryl methyl sites for hydroxylation is 1. The van der Waals surface area contributed by atoms with Crippen molar-refractivity contribution in [1.29, 1.82) is 0 Å². The van der Waals surface area contributed by atoms with Crippen molar-refractivity contribution in [3.8, 4) is 0 Å². The normalized spacial score (nSPS) is 16.0. The number of hydrogen-bond donors (Lipinski definition) is 2. The van der Waals surface area contributed by atoms with Crippen LogP contribution in [0, 0.1) is 12.8 Å². The van der Waals surface area contributed by atoms with Gasteiger partial charge in [0.15, 0.2) is 5.76 Å². The molecule has 0 radical (unpaired) electrons. The summed E-state index contributed by atoms with van der Waals surface area (Å²) in [6.45, 7) is 5.38. The van der Waals surface area contributed by atoms with E-state index in [1.165, 1.54) is 17.6 Å². The Hall–Kier alpha value is -1.83. The van der Waals surface area contributed by atoms with Gasteiger partial charge in [-0.2, -0.15) is 0 Å². The van der Waals surface area contributed by atoms with Crippen LogP contribution in [0.15, 0.2) is 28.9 Å². The number of hydrogen-bond acceptors (Lipinski definition) is 5. The third-order valence-corrected chi connectivity index (χ3v) is 5.80. The van der Waals surface area contributed by atoms with Crippen molar-refractivity contribution in [3.05, 3.63) is 40.7 Å². The van der Waals surface area contributed by atoms with Crippen LogP contribution in [0.5, 0.6) is 0 Å². The van der Waals surface area contributed by atoms with Crippen molar-refractivity contribution < 1.29 is 14.0 Å². The molecule has 6 nitrogen and oxygen atoms in total. The largest absolute Gasteiger partial charge is 0.459 e. The monoisotopic (exact) mass is 397 g/mol. The Balaban J connectivity index is 0.00000243. The lowest BCUT2D eigenvalue weighted by Gasteiger charge is -2.33. The number of halogens is 1. The first-order valence-corrected chi connectivity index (χ1v) is 9.27. The van der Waals surface area contributed by atoms with Gasteiger partial charge in [-0.3, -0.25) is 9.59 Å². The van der Waals surface area contributed by atoms with Gasteiger partial charge in [-0.1, -0.05) is 0 Å². The third-order valence-electron chi connectivity index (χ3n) is 4.66. The first-order chi connectivity index (χ1) is 12.0. The maximum Gasteiger partial charge on any atom is 0.291 e. The first-order valence-electron chi connectivity index (χ1n) is 8.46. The van der Waals surface area contributed by atoms with Crippen molar-refractivity contribution in [1.82, 2.24) is 4.90 Å². The van der Waals surface area contributed by atoms with Crippen molar-refractivity contribution in [2.75, 3.05) is 18.4 Å². The number of piperidine rings is 1. The number of carbonyl (C=O) groups is 2. The number of nitrogens with one attached hydrogen (secondary N) is 1. The van der Waals surface area contributed by atoms with Crippen LogP contribution in [0.25, 0.3) is 0 Å². The minimum Gasteiger partial charge on any atom is -0.459 e. The van der Waals surface area contributed by atoms with E-state index in [2.05, 4.69) is 5.32 Å². The van der Waals surface area contributed by atoms with E-state index in [-0.39, 0.29) is 36.0 Å². The lowest BCUT2D eigenvalue weighted by atomic mass is 9.91. The van der Waals surface area contributed by atoms with Gasteiger partial charge in [0.05, 0.1) is 16.1 Å². The van der Waals surface area contributed by atoms with Gasteiger partial charge in [-0.15, -0.1) is 23.7 Å². The van der Waals surface area contributed by atoms with Gasteiger partial charge in [0.2, 0.25) is 0 Å². The molecule has 2 aromatic rings. The van der Waals surface area contributed by atoms with Gasteiger partial charge < -0.3 is 20.4 Å². The molecule has 1 fully saturated rings. The highest BCUT2D eigenvalue weighted by atomic mass is 35.5. The summed E-state index contributed by atoms with van der Waals surface area (Å²) in [6, 6.07) is 5.26. The highest BCUT2D eigenvalue weighted by Crippen LogP contribution is 2.30. The molecule has 1 saturated heterocycles. The molecule has 3 N–H and O–H groups in total. The number of furan rings is 1. The average molecular weight is 398 g/mol. The second kappa shape index (κ2) is 8.70. The predicted molar refractivity (Wildman–Crippen MR) is 105 cm³/mol. The number of amides is 2. The number of likely N-dealkylation sites (tertiary alicyclic amines) is 1. The van der Waals surface area contributed by atoms with Crippen LogP contribution in [0.1, 0.15) is 45.6 Å². The van der Waals surface area contributed by atoms with Gasteiger partial charge in [-0.05, 0) is 56.4 Å². The molecule has 1 atom stereocenters. The summed E-state index contributed by atoms with van der Waals surface area (Å²) < 4.78 is 5.08. The minimum absolute atomic E-state index is 0. The molecule has 3 heterocycles. The second-order valence-electron chi connectivity index (χ2n) is 6.54. The van der Waals surface area contributed by atoms with Gasteiger partial charge in [0.25, 0.3) is 11.8 Å². The SMILES string of the molecule is Cc1cc(NC(=O)c2ccco2)sc1C(=O)N1CCC(C(C)N)CC1.Cl. The van der Waals surface area contributed by atoms with E-state index in [1.54, 1.807) is 12.1 Å². The fourth-order valence-corrected chi connectivity index (χ4v) is 4.14. The Morgan fingerprint density at radius 1 is 1.38 bits per heavy atom. The molecule has 142 valence electrons. The molecule has 2 amide bonds. The zero-order chi connectivity index (χ0) is 18.0. The van der Waals surface area contributed by atoms with Crippen molar-refractivity contribution in [3.63, 3.8) is 0 Å². The van der Waals surface area contributed by atoms with Gasteiger partial charge in [-0.25, -0.2) is 0 Å². The topological polar surface area (TPSA) is 88.6 Å². The smallest absolute Gasteiger partial charge is 0.291 e. The highest BCUT2D eigenvalue weighted by molar-refractivity contribution is 7.18. The van der Waals surface area contributed by atoms with E-state index in [0.29, 0.717) is 15.8 Å². The Bertz CT molecular complexity index is 750. The van der Waals surface area contributed by atoms with Crippen LogP contribution in [0.3, 0.4) is 0 Å². The number of nitrogens with zero attached hydrogens (tertiary/aromatic N) is 1. The Morgan fingerprint density at radius 2 is 2.08 bits per heavy atom. The summed E-state index contributed by atoms with van der Waals surface area (Å²) in [6.07, 6.45) is 3.33. The average Bonchev–Trinajstić information content (AvgIpc) is 3.24. The molecule has 8 heteroatoms. The maximum absolute atomic E-state index is 12.8. The standard InChI is InChI=1S/C18H23N3O3S.ClH/c1-11-10-15(20-17(22)14-4-3-9-24-14)25-16(11)18(23)21-7-5-13(6-8-21)12(2)19;/h3-4,9-10,12-13H,5-8,19H2,1-2H3,(H,20,22);1H. The lowest BCUT2D eigenvalue weighted by molar-refractivity contribution is 0.0685. The number of thiophene rings is 1. The van der Waals surface area contributed by atoms with Crippen LogP contribution in [-0.2, 0) is 0 Å². The van der Waals surface area contributed by atoms with Crippen LogP contribution in [-0.4, -0.2) is 35.8 Å². The van der Waals surface area contributed by atoms with Crippen LogP contribution in [0.4, 0.5) is 5.00 Å². The number of nitrogens with two attached hydrogens (primary N) is 1. The van der Waals surface area contributed by atoms with Gasteiger partial charge in [0.1, 0.15) is 0 Å². The molecule has 1 aliphatic heterocycles. The van der Waals surface area contributed by atoms with Crippen LogP contribution >= 0.6 is 23.7 Å². The van der Waals surface area contributed by atoms with Crippen LogP contribution < -0.4 is 11.1 Å². The number of anilines is 1. The minimum atomic E-state index is -0.317. The molecular formula is C18H24ClN3O3S. The van der Waals surface area contributed by atoms with E-state index in [4.69, 9.17) is 10.2 Å². The van der Waals surface area contributed by atoms with E-state index in [1.807, 2.05) is 24.8 Å². The zero-order valence-electron chi connectivity index (χ0n) is 14.9. The quantitative estimate of drug-likeness (QED) is 0.825. The van der Waals surface area contributed by atoms with Crippen molar-refractivity contribution in [2.24, 2.45) is 11.7 Å². The molecule has 0 spiro atoms. The summed E-state index contributed by atoms with van der Waals surface area (Å²) in [5.74, 6) is 0.445. The Kier molecular flexibility index (Phi) is 6.86. The number of carbonyl (C=O) groups excluding carboxylic acids is 2. The lowest BCUT2D eigenvalue weighted by Crippen LogP contribution is -2.42. The molecule has 3 rings (SSSR count). The predicted octanol–water partition coefficient (Wildman–Crippen LogP) is 3.52. The maximum atomic E-state index is 12.8. The molecule has 0 saturated carbocycles. The summed E-state index contributed by atoms with van der Waals surface area (Å²) in [5.41, 5.74) is 6.84. The summed E-state index contributed by atoms with van der Waals surface area (Å²) in [5, 5.41) is 3.43. The van der Waals surface area contributed by atoms with E-state index in [0.717, 1.165) is 31.5 Å². The molecular weight excluding hydrogens is 374 g/mol. The molecule has 26 heavy (non-hydrogen) atoms. The Morgan fingerprint density at radius 3 is 2.65 bits per heavy atom. The van der Waals surface area contributed by atoms with E-state index >= 15 is 0 Å². The third kappa shape index (κ3) is 4.47. The first kappa shape index (κ1) is 20.5. The van der Waals surface area contributed by atoms with E-state index < -0.39 is 0 Å². The Labute approximate surface area is 163 Å². The fourth-order valence-electron chi connectivity index (χ4n) is 3.11. The summed E-state index contributed by atoms with van der Waals surface area (Å²) in [4.78, 5) is 27.4. The van der Waals surface area contributed by atoms with Crippen molar-refractivity contribution in [2.45, 2.75) is 32.7 Å². The van der Waals surface area contributed by atoms with Gasteiger partial charge >= 0.3 is 0 Å².